The lowest BCUT2D eigenvalue weighted by Gasteiger charge is -2.12. The highest BCUT2D eigenvalue weighted by Gasteiger charge is 2.19. The Morgan fingerprint density at radius 2 is 1.88 bits per heavy atom. The van der Waals surface area contributed by atoms with Crippen molar-refractivity contribution in [3.05, 3.63) is 71.0 Å². The predicted molar refractivity (Wildman–Crippen MR) is 95.6 cm³/mol. The molecule has 0 saturated carbocycles. The van der Waals surface area contributed by atoms with Gasteiger partial charge in [0.05, 0.1) is 0 Å². The number of hydrogen-bond donors (Lipinski definition) is 1. The van der Waals surface area contributed by atoms with Crippen molar-refractivity contribution in [1.29, 1.82) is 0 Å². The minimum absolute atomic E-state index is 0.219. The predicted octanol–water partition coefficient (Wildman–Crippen LogP) is 3.13. The first-order valence-electron chi connectivity index (χ1n) is 7.90. The zero-order valence-electron chi connectivity index (χ0n) is 13.9. The maximum atomic E-state index is 12.8. The third-order valence-corrected chi connectivity index (χ3v) is 5.40. The first-order chi connectivity index (χ1) is 11.5. The van der Waals surface area contributed by atoms with E-state index in [4.69, 9.17) is 0 Å². The van der Waals surface area contributed by atoms with Gasteiger partial charge in [-0.15, -0.1) is 0 Å². The molecule has 0 heterocycles. The van der Waals surface area contributed by atoms with Crippen LogP contribution in [-0.4, -0.2) is 21.9 Å². The fraction of sp³-hybridized carbons (Fsp3) is 0.316. The standard InChI is InChI=1S/C19H22FNO2S/c1-14-4-3-5-17(12-14)13-24(23)15(2)19(22)21-11-10-16-6-8-18(20)9-7-16/h3-9,12,15H,10-11,13H2,1-2H3,(H,21,22)/t15-,24+/m0/s1. The number of benzene rings is 2. The molecule has 0 aliphatic heterocycles. The van der Waals surface area contributed by atoms with Crippen LogP contribution in [0.2, 0.25) is 0 Å². The molecule has 0 aliphatic rings. The number of nitrogens with one attached hydrogen (secondary N) is 1. The minimum Gasteiger partial charge on any atom is -0.355 e. The highest BCUT2D eigenvalue weighted by atomic mass is 32.2. The van der Waals surface area contributed by atoms with E-state index in [1.54, 1.807) is 19.1 Å². The molecule has 0 aromatic heterocycles. The zero-order valence-corrected chi connectivity index (χ0v) is 14.7. The summed E-state index contributed by atoms with van der Waals surface area (Å²) in [4.78, 5) is 12.1. The van der Waals surface area contributed by atoms with Gasteiger partial charge in [0.15, 0.2) is 0 Å². The first-order valence-corrected chi connectivity index (χ1v) is 9.29. The van der Waals surface area contributed by atoms with Crippen LogP contribution < -0.4 is 5.32 Å². The summed E-state index contributed by atoms with van der Waals surface area (Å²) in [7, 11) is -1.27. The van der Waals surface area contributed by atoms with E-state index in [-0.39, 0.29) is 11.7 Å². The van der Waals surface area contributed by atoms with E-state index in [1.165, 1.54) is 12.1 Å². The molecule has 5 heteroatoms. The lowest BCUT2D eigenvalue weighted by molar-refractivity contribution is -0.120. The number of aryl methyl sites for hydroxylation is 1. The Bertz CT molecular complexity index is 716. The van der Waals surface area contributed by atoms with Crippen LogP contribution in [0.1, 0.15) is 23.6 Å². The van der Waals surface area contributed by atoms with Crippen molar-refractivity contribution in [2.24, 2.45) is 0 Å². The number of halogens is 1. The van der Waals surface area contributed by atoms with Crippen LogP contribution in [0.15, 0.2) is 48.5 Å². The van der Waals surface area contributed by atoms with E-state index >= 15 is 0 Å². The van der Waals surface area contributed by atoms with Crippen LogP contribution in [0, 0.1) is 12.7 Å². The fourth-order valence-electron chi connectivity index (χ4n) is 2.34. The van der Waals surface area contributed by atoms with Crippen LogP contribution in [-0.2, 0) is 27.8 Å². The topological polar surface area (TPSA) is 46.2 Å². The molecule has 0 bridgehead atoms. The van der Waals surface area contributed by atoms with E-state index in [9.17, 15) is 13.4 Å². The largest absolute Gasteiger partial charge is 0.355 e. The van der Waals surface area contributed by atoms with Gasteiger partial charge in [-0.1, -0.05) is 42.0 Å². The van der Waals surface area contributed by atoms with Gasteiger partial charge in [0.1, 0.15) is 11.1 Å². The zero-order chi connectivity index (χ0) is 17.5. The Hall–Kier alpha value is -2.01. The number of carbonyl (C=O) groups excluding carboxylic acids is 1. The maximum absolute atomic E-state index is 12.8. The highest BCUT2D eigenvalue weighted by Crippen LogP contribution is 2.10. The summed E-state index contributed by atoms with van der Waals surface area (Å²) in [6.07, 6.45) is 0.614. The quantitative estimate of drug-likeness (QED) is 0.836. The van der Waals surface area contributed by atoms with E-state index in [0.29, 0.717) is 18.7 Å². The van der Waals surface area contributed by atoms with Crippen LogP contribution in [0.5, 0.6) is 0 Å². The molecule has 0 fully saturated rings. The van der Waals surface area contributed by atoms with Crippen molar-refractivity contribution in [2.75, 3.05) is 6.54 Å². The van der Waals surface area contributed by atoms with Crippen molar-refractivity contribution in [3.8, 4) is 0 Å². The Morgan fingerprint density at radius 1 is 1.17 bits per heavy atom. The van der Waals surface area contributed by atoms with Gasteiger partial charge in [-0.3, -0.25) is 9.00 Å². The number of amides is 1. The summed E-state index contributed by atoms with van der Waals surface area (Å²) in [5.41, 5.74) is 3.03. The summed E-state index contributed by atoms with van der Waals surface area (Å²) in [6.45, 7) is 4.10. The van der Waals surface area contributed by atoms with Gasteiger partial charge < -0.3 is 5.32 Å². The van der Waals surface area contributed by atoms with Gasteiger partial charge in [-0.2, -0.15) is 0 Å². The molecular weight excluding hydrogens is 325 g/mol. The minimum atomic E-state index is -1.27. The SMILES string of the molecule is Cc1cccc(C[S@@](=O)[C@@H](C)C(=O)NCCc2ccc(F)cc2)c1. The molecule has 0 saturated heterocycles. The average molecular weight is 347 g/mol. The number of hydrogen-bond acceptors (Lipinski definition) is 2. The van der Waals surface area contributed by atoms with E-state index < -0.39 is 16.0 Å². The van der Waals surface area contributed by atoms with E-state index in [2.05, 4.69) is 5.32 Å². The Balaban J connectivity index is 1.80. The maximum Gasteiger partial charge on any atom is 0.235 e. The Labute approximate surface area is 144 Å². The van der Waals surface area contributed by atoms with Crippen LogP contribution in [0.4, 0.5) is 4.39 Å². The molecule has 0 aliphatic carbocycles. The lowest BCUT2D eigenvalue weighted by Crippen LogP contribution is -2.36. The smallest absolute Gasteiger partial charge is 0.235 e. The fourth-order valence-corrected chi connectivity index (χ4v) is 3.42. The van der Waals surface area contributed by atoms with E-state index in [1.807, 2.05) is 31.2 Å². The second-order valence-corrected chi connectivity index (χ2v) is 7.58. The molecule has 0 spiro atoms. The first kappa shape index (κ1) is 18.3. The van der Waals surface area contributed by atoms with Gasteiger partial charge in [0.2, 0.25) is 5.91 Å². The van der Waals surface area contributed by atoms with Crippen molar-refractivity contribution < 1.29 is 13.4 Å². The van der Waals surface area contributed by atoms with E-state index in [0.717, 1.165) is 16.7 Å². The third-order valence-electron chi connectivity index (χ3n) is 3.78. The molecule has 1 N–H and O–H groups in total. The van der Waals surface area contributed by atoms with Gasteiger partial charge in [0.25, 0.3) is 0 Å². The summed E-state index contributed by atoms with van der Waals surface area (Å²) in [6, 6.07) is 14.0. The Kier molecular flexibility index (Phi) is 6.67. The molecular formula is C19H22FNO2S. The van der Waals surface area contributed by atoms with Gasteiger partial charge >= 0.3 is 0 Å². The van der Waals surface area contributed by atoms with Gasteiger partial charge in [0, 0.05) is 23.1 Å². The summed E-state index contributed by atoms with van der Waals surface area (Å²) in [5.74, 6) is -0.125. The van der Waals surface area contributed by atoms with Crippen LogP contribution in [0.3, 0.4) is 0 Å². The monoisotopic (exact) mass is 347 g/mol. The molecule has 1 amide bonds. The molecule has 3 nitrogen and oxygen atoms in total. The molecule has 128 valence electrons. The number of rotatable bonds is 7. The molecule has 2 aromatic carbocycles. The molecule has 0 radical (unpaired) electrons. The second kappa shape index (κ2) is 8.73. The summed E-state index contributed by atoms with van der Waals surface area (Å²) >= 11 is 0. The molecule has 24 heavy (non-hydrogen) atoms. The van der Waals surface area contributed by atoms with Gasteiger partial charge in [-0.05, 0) is 43.5 Å². The number of carbonyl (C=O) groups is 1. The second-order valence-electron chi connectivity index (χ2n) is 5.82. The van der Waals surface area contributed by atoms with Crippen molar-refractivity contribution in [2.45, 2.75) is 31.3 Å². The van der Waals surface area contributed by atoms with Crippen LogP contribution >= 0.6 is 0 Å². The van der Waals surface area contributed by atoms with Crippen molar-refractivity contribution in [3.63, 3.8) is 0 Å². The average Bonchev–Trinajstić information content (AvgIpc) is 2.56. The molecule has 0 unspecified atom stereocenters. The lowest BCUT2D eigenvalue weighted by atomic mass is 10.1. The normalized spacial score (nSPS) is 13.3. The van der Waals surface area contributed by atoms with Gasteiger partial charge in [-0.25, -0.2) is 4.39 Å². The van der Waals surface area contributed by atoms with Crippen molar-refractivity contribution in [1.82, 2.24) is 5.32 Å². The summed E-state index contributed by atoms with van der Waals surface area (Å²) < 4.78 is 25.2. The molecule has 2 aromatic rings. The Morgan fingerprint density at radius 3 is 2.54 bits per heavy atom. The summed E-state index contributed by atoms with van der Waals surface area (Å²) in [5, 5.41) is 2.23. The van der Waals surface area contributed by atoms with Crippen molar-refractivity contribution >= 4 is 16.7 Å². The molecule has 2 rings (SSSR count). The third kappa shape index (κ3) is 5.57. The van der Waals surface area contributed by atoms with Crippen LogP contribution in [0.25, 0.3) is 0 Å². The molecule has 2 atom stereocenters. The highest BCUT2D eigenvalue weighted by molar-refractivity contribution is 7.85.